The van der Waals surface area contributed by atoms with Crippen molar-refractivity contribution in [3.05, 3.63) is 23.8 Å². The Kier molecular flexibility index (Phi) is 2.64. The predicted molar refractivity (Wildman–Crippen MR) is 66.3 cm³/mol. The highest BCUT2D eigenvalue weighted by atomic mass is 16.7. The molecule has 0 radical (unpaired) electrons. The number of rotatable bonds is 3. The maximum absolute atomic E-state index is 9.45. The van der Waals surface area contributed by atoms with Crippen molar-refractivity contribution < 1.29 is 9.47 Å². The number of nitrogens with one attached hydrogen (secondary N) is 1. The third-order valence-electron chi connectivity index (χ3n) is 4.04. The van der Waals surface area contributed by atoms with Crippen molar-refractivity contribution in [1.29, 1.82) is 5.26 Å². The summed E-state index contributed by atoms with van der Waals surface area (Å²) in [7, 11) is 1.91. The highest BCUT2D eigenvalue weighted by molar-refractivity contribution is 5.46. The minimum Gasteiger partial charge on any atom is -0.454 e. The molecule has 1 unspecified atom stereocenters. The molecule has 0 saturated heterocycles. The summed E-state index contributed by atoms with van der Waals surface area (Å²) in [5.41, 5.74) is 0.839. The Hall–Kier alpha value is -1.73. The molecule has 4 nitrogen and oxygen atoms in total. The molecule has 18 heavy (non-hydrogen) atoms. The van der Waals surface area contributed by atoms with Crippen LogP contribution in [-0.4, -0.2) is 13.8 Å². The number of nitriles is 1. The number of ether oxygens (including phenoxy) is 2. The van der Waals surface area contributed by atoms with E-state index in [2.05, 4.69) is 11.4 Å². The molecule has 1 atom stereocenters. The van der Waals surface area contributed by atoms with Crippen LogP contribution < -0.4 is 14.8 Å². The number of hydrogen-bond donors (Lipinski definition) is 1. The summed E-state index contributed by atoms with van der Waals surface area (Å²) in [6.45, 7) is 0.284. The van der Waals surface area contributed by atoms with E-state index < -0.39 is 0 Å². The first-order valence-electron chi connectivity index (χ1n) is 6.27. The van der Waals surface area contributed by atoms with Gasteiger partial charge in [0.05, 0.1) is 17.5 Å². The molecule has 1 aliphatic carbocycles. The first-order chi connectivity index (χ1) is 8.79. The average Bonchev–Trinajstić information content (AvgIpc) is 2.80. The lowest BCUT2D eigenvalue weighted by Gasteiger charge is -2.42. The predicted octanol–water partition coefficient (Wildman–Crippen LogP) is 2.37. The van der Waals surface area contributed by atoms with E-state index in [0.717, 1.165) is 36.3 Å². The molecule has 1 N–H and O–H groups in total. The lowest BCUT2D eigenvalue weighted by molar-refractivity contribution is 0.148. The maximum Gasteiger partial charge on any atom is 0.231 e. The van der Waals surface area contributed by atoms with Crippen LogP contribution in [0.5, 0.6) is 11.5 Å². The standard InChI is InChI=1S/C14H16N2O2/c1-16-13(14(8-15)5-2-6-14)10-3-4-11-12(7-10)18-9-17-11/h3-4,7,13,16H,2,5-6,9H2,1H3. The minimum atomic E-state index is -0.261. The topological polar surface area (TPSA) is 54.3 Å². The summed E-state index contributed by atoms with van der Waals surface area (Å²) in [6, 6.07) is 8.49. The first-order valence-corrected chi connectivity index (χ1v) is 6.27. The van der Waals surface area contributed by atoms with Gasteiger partial charge in [0.2, 0.25) is 6.79 Å². The summed E-state index contributed by atoms with van der Waals surface area (Å²) < 4.78 is 10.7. The summed E-state index contributed by atoms with van der Waals surface area (Å²) in [4.78, 5) is 0. The van der Waals surface area contributed by atoms with Crippen molar-refractivity contribution in [1.82, 2.24) is 5.32 Å². The Balaban J connectivity index is 1.95. The molecular formula is C14H16N2O2. The summed E-state index contributed by atoms with van der Waals surface area (Å²) in [6.07, 6.45) is 3.06. The molecular weight excluding hydrogens is 228 g/mol. The van der Waals surface area contributed by atoms with Crippen LogP contribution in [0.4, 0.5) is 0 Å². The van der Waals surface area contributed by atoms with Crippen LogP contribution in [0.25, 0.3) is 0 Å². The van der Waals surface area contributed by atoms with E-state index in [1.165, 1.54) is 0 Å². The normalized spacial score (nSPS) is 20.9. The van der Waals surface area contributed by atoms with Crippen LogP contribution in [0.3, 0.4) is 0 Å². The molecule has 0 aromatic heterocycles. The largest absolute Gasteiger partial charge is 0.454 e. The van der Waals surface area contributed by atoms with Crippen LogP contribution in [0.2, 0.25) is 0 Å². The molecule has 2 aliphatic rings. The fraction of sp³-hybridized carbons (Fsp3) is 0.500. The number of hydrogen-bond acceptors (Lipinski definition) is 4. The number of fused-ring (bicyclic) bond motifs is 1. The van der Waals surface area contributed by atoms with Gasteiger partial charge < -0.3 is 14.8 Å². The Labute approximate surface area is 107 Å². The Morgan fingerprint density at radius 3 is 2.72 bits per heavy atom. The van der Waals surface area contributed by atoms with Crippen LogP contribution in [-0.2, 0) is 0 Å². The SMILES string of the molecule is CNC(c1ccc2c(c1)OCO2)C1(C#N)CCC1. The van der Waals surface area contributed by atoms with Crippen LogP contribution in [0, 0.1) is 16.7 Å². The molecule has 1 fully saturated rings. The van der Waals surface area contributed by atoms with Gasteiger partial charge in [-0.05, 0) is 37.6 Å². The second-order valence-electron chi connectivity index (χ2n) is 4.96. The van der Waals surface area contributed by atoms with Gasteiger partial charge in [-0.1, -0.05) is 12.5 Å². The van der Waals surface area contributed by atoms with Crippen LogP contribution in [0.15, 0.2) is 18.2 Å². The minimum absolute atomic E-state index is 0.0609. The molecule has 1 aromatic carbocycles. The Bertz CT molecular complexity index is 503. The van der Waals surface area contributed by atoms with Crippen LogP contribution >= 0.6 is 0 Å². The molecule has 1 aliphatic heterocycles. The van der Waals surface area contributed by atoms with E-state index in [1.54, 1.807) is 0 Å². The first kappa shape index (κ1) is 11.4. The fourth-order valence-corrected chi connectivity index (χ4v) is 2.88. The van der Waals surface area contributed by atoms with E-state index in [-0.39, 0.29) is 18.2 Å². The fourth-order valence-electron chi connectivity index (χ4n) is 2.88. The molecule has 3 rings (SSSR count). The van der Waals surface area contributed by atoms with E-state index in [4.69, 9.17) is 9.47 Å². The van der Waals surface area contributed by atoms with Gasteiger partial charge in [-0.15, -0.1) is 0 Å². The van der Waals surface area contributed by atoms with Crippen molar-refractivity contribution in [2.45, 2.75) is 25.3 Å². The Morgan fingerprint density at radius 2 is 2.11 bits per heavy atom. The van der Waals surface area contributed by atoms with Crippen molar-refractivity contribution >= 4 is 0 Å². The van der Waals surface area contributed by atoms with Gasteiger partial charge in [0.1, 0.15) is 0 Å². The van der Waals surface area contributed by atoms with Crippen molar-refractivity contribution in [2.75, 3.05) is 13.8 Å². The van der Waals surface area contributed by atoms with Crippen molar-refractivity contribution in [3.63, 3.8) is 0 Å². The quantitative estimate of drug-likeness (QED) is 0.886. The third-order valence-corrected chi connectivity index (χ3v) is 4.04. The van der Waals surface area contributed by atoms with Gasteiger partial charge in [0, 0.05) is 0 Å². The van der Waals surface area contributed by atoms with E-state index >= 15 is 0 Å². The van der Waals surface area contributed by atoms with E-state index in [9.17, 15) is 5.26 Å². The second-order valence-corrected chi connectivity index (χ2v) is 4.96. The van der Waals surface area contributed by atoms with Crippen molar-refractivity contribution in [3.8, 4) is 17.6 Å². The summed E-state index contributed by atoms with van der Waals surface area (Å²) >= 11 is 0. The highest BCUT2D eigenvalue weighted by Crippen LogP contribution is 2.50. The monoisotopic (exact) mass is 244 g/mol. The van der Waals surface area contributed by atoms with Gasteiger partial charge in [-0.2, -0.15) is 5.26 Å². The van der Waals surface area contributed by atoms with E-state index in [1.807, 2.05) is 25.2 Å². The Morgan fingerprint density at radius 1 is 1.33 bits per heavy atom. The third kappa shape index (κ3) is 1.55. The zero-order valence-corrected chi connectivity index (χ0v) is 10.4. The van der Waals surface area contributed by atoms with Gasteiger partial charge in [0.15, 0.2) is 11.5 Å². The highest BCUT2D eigenvalue weighted by Gasteiger charge is 2.44. The summed E-state index contributed by atoms with van der Waals surface area (Å²) in [5, 5.41) is 12.7. The van der Waals surface area contributed by atoms with Gasteiger partial charge in [-0.3, -0.25) is 0 Å². The maximum atomic E-state index is 9.45. The van der Waals surface area contributed by atoms with Crippen molar-refractivity contribution in [2.24, 2.45) is 5.41 Å². The molecule has 1 saturated carbocycles. The molecule has 1 heterocycles. The van der Waals surface area contributed by atoms with Crippen LogP contribution in [0.1, 0.15) is 30.9 Å². The van der Waals surface area contributed by atoms with Gasteiger partial charge >= 0.3 is 0 Å². The molecule has 0 amide bonds. The molecule has 0 spiro atoms. The molecule has 4 heteroatoms. The number of nitrogens with zero attached hydrogens (tertiary/aromatic N) is 1. The summed E-state index contributed by atoms with van der Waals surface area (Å²) in [5.74, 6) is 1.56. The molecule has 1 aromatic rings. The lowest BCUT2D eigenvalue weighted by atomic mass is 9.63. The lowest BCUT2D eigenvalue weighted by Crippen LogP contribution is -2.40. The van der Waals surface area contributed by atoms with E-state index in [0.29, 0.717) is 0 Å². The second kappa shape index (κ2) is 4.18. The van der Waals surface area contributed by atoms with Gasteiger partial charge in [0.25, 0.3) is 0 Å². The average molecular weight is 244 g/mol. The van der Waals surface area contributed by atoms with Gasteiger partial charge in [-0.25, -0.2) is 0 Å². The zero-order valence-electron chi connectivity index (χ0n) is 10.4. The number of benzene rings is 1. The smallest absolute Gasteiger partial charge is 0.231 e. The molecule has 0 bridgehead atoms. The zero-order chi connectivity index (χ0) is 12.6. The molecule has 94 valence electrons.